The van der Waals surface area contributed by atoms with Crippen molar-refractivity contribution in [1.82, 2.24) is 0 Å². The molecule has 0 bridgehead atoms. The Hall–Kier alpha value is -4.82. The number of ether oxygens (including phenoxy) is 7. The summed E-state index contributed by atoms with van der Waals surface area (Å²) in [6.45, 7) is 11.0. The van der Waals surface area contributed by atoms with Crippen molar-refractivity contribution < 1.29 is 66.1 Å². The Morgan fingerprint density at radius 2 is 1.27 bits per heavy atom. The van der Waals surface area contributed by atoms with Gasteiger partial charge in [0.1, 0.15) is 40.1 Å². The average Bonchev–Trinajstić information content (AvgIpc) is 3.15. The fourth-order valence-electron chi connectivity index (χ4n) is 5.07. The maximum absolute atomic E-state index is 13.5. The minimum atomic E-state index is -4.55. The van der Waals surface area contributed by atoms with Gasteiger partial charge in [0, 0.05) is 31.1 Å². The molecule has 2 atom stereocenters. The largest absolute Gasteiger partial charge is 0.494 e. The summed E-state index contributed by atoms with van der Waals surface area (Å²) in [6.07, 6.45) is -1.63. The molecule has 2 N–H and O–H groups in total. The Balaban J connectivity index is 0.000000356. The number of aliphatic carboxylic acids is 1. The summed E-state index contributed by atoms with van der Waals surface area (Å²) in [5.74, 6) is 1.07. The van der Waals surface area contributed by atoms with E-state index >= 15 is 0 Å². The molecule has 0 fully saturated rings. The second kappa shape index (κ2) is 19.9. The van der Waals surface area contributed by atoms with Gasteiger partial charge in [-0.3, -0.25) is 0 Å². The lowest BCUT2D eigenvalue weighted by molar-refractivity contribution is -0.158. The monoisotopic (exact) mass is 810 g/mol. The molecule has 4 rings (SSSR count). The molecule has 11 nitrogen and oxygen atoms in total. The quantitative estimate of drug-likeness (QED) is 0.0940. The molecule has 0 saturated carbocycles. The van der Waals surface area contributed by atoms with Crippen LogP contribution < -0.4 is 28.4 Å². The smallest absolute Gasteiger partial charge is 0.416 e. The van der Waals surface area contributed by atoms with Crippen molar-refractivity contribution in [2.24, 2.45) is 0 Å². The number of hydrogen-bond acceptors (Lipinski definition) is 10. The maximum atomic E-state index is 13.5. The van der Waals surface area contributed by atoms with Gasteiger partial charge in [-0.15, -0.1) is 0 Å². The van der Waals surface area contributed by atoms with Crippen molar-refractivity contribution in [1.29, 1.82) is 0 Å². The molecule has 308 valence electrons. The van der Waals surface area contributed by atoms with E-state index in [4.69, 9.17) is 49.9 Å². The van der Waals surface area contributed by atoms with Crippen molar-refractivity contribution >= 4 is 29.1 Å². The van der Waals surface area contributed by atoms with E-state index in [1.165, 1.54) is 26.2 Å². The van der Waals surface area contributed by atoms with Gasteiger partial charge in [0.15, 0.2) is 0 Å². The van der Waals surface area contributed by atoms with Gasteiger partial charge in [-0.25, -0.2) is 9.59 Å². The number of carboxylic acids is 1. The molecular formula is C41H50ClF3O11. The molecule has 0 saturated heterocycles. The molecule has 0 spiro atoms. The van der Waals surface area contributed by atoms with Crippen molar-refractivity contribution in [2.45, 2.75) is 90.2 Å². The first-order chi connectivity index (χ1) is 26.3. The second-order valence-electron chi connectivity index (χ2n) is 13.6. The van der Waals surface area contributed by atoms with E-state index in [1.807, 2.05) is 6.92 Å². The first-order valence-electron chi connectivity index (χ1n) is 18.0. The van der Waals surface area contributed by atoms with Crippen molar-refractivity contribution in [3.05, 3.63) is 77.3 Å². The number of aliphatic hydroxyl groups is 1. The molecule has 1 aliphatic heterocycles. The number of methoxy groups -OCH3 is 1. The molecule has 3 aromatic carbocycles. The third-order valence-corrected chi connectivity index (χ3v) is 8.93. The van der Waals surface area contributed by atoms with Gasteiger partial charge in [-0.1, -0.05) is 25.4 Å². The highest BCUT2D eigenvalue weighted by Gasteiger charge is 2.42. The average molecular weight is 811 g/mol. The van der Waals surface area contributed by atoms with Gasteiger partial charge < -0.3 is 43.4 Å². The van der Waals surface area contributed by atoms with Gasteiger partial charge in [0.05, 0.1) is 37.5 Å². The van der Waals surface area contributed by atoms with Crippen LogP contribution in [0.3, 0.4) is 0 Å². The van der Waals surface area contributed by atoms with E-state index in [9.17, 15) is 27.9 Å². The number of benzene rings is 3. The number of carbonyl (C=O) groups excluding carboxylic acids is 1. The zero-order chi connectivity index (χ0) is 41.7. The topological polar surface area (TPSA) is 139 Å². The van der Waals surface area contributed by atoms with Crippen LogP contribution in [0.15, 0.2) is 66.7 Å². The van der Waals surface area contributed by atoms with Gasteiger partial charge in [-0.2, -0.15) is 13.2 Å². The first-order valence-corrected chi connectivity index (χ1v) is 18.4. The molecule has 0 amide bonds. The molecule has 0 aromatic heterocycles. The highest BCUT2D eigenvalue weighted by Crippen LogP contribution is 2.47. The minimum absolute atomic E-state index is 0.0455. The Labute approximate surface area is 330 Å². The number of carboxylic acid groups (broad SMARTS) is 1. The fourth-order valence-corrected chi connectivity index (χ4v) is 5.29. The summed E-state index contributed by atoms with van der Waals surface area (Å²) in [4.78, 5) is 23.1. The number of carbonyl (C=O) groups is 2. The molecular weight excluding hydrogens is 761 g/mol. The van der Waals surface area contributed by atoms with Crippen LogP contribution in [-0.4, -0.2) is 78.7 Å². The molecule has 0 aliphatic carbocycles. The zero-order valence-electron chi connectivity index (χ0n) is 32.6. The minimum Gasteiger partial charge on any atom is -0.494 e. The van der Waals surface area contributed by atoms with Crippen LogP contribution >= 0.6 is 11.6 Å². The van der Waals surface area contributed by atoms with Gasteiger partial charge in [0.2, 0.25) is 11.2 Å². The van der Waals surface area contributed by atoms with Crippen molar-refractivity contribution in [3.63, 3.8) is 0 Å². The lowest BCUT2D eigenvalue weighted by Crippen LogP contribution is -2.41. The van der Waals surface area contributed by atoms with Crippen LogP contribution in [0.25, 0.3) is 5.57 Å². The number of esters is 1. The van der Waals surface area contributed by atoms with E-state index in [0.717, 1.165) is 6.08 Å². The van der Waals surface area contributed by atoms with Crippen LogP contribution in [-0.2, 0) is 14.3 Å². The standard InChI is InChI=1S/C26H28ClF3O6.C15H22O5/c1-5-25(4,23(31)32)35-17-9-7-16(8-10-17)33-11-6-12-34-22-14-21-18(13-20(22)27)19(26(28,29)30)15-24(2,3)36-21;1-4-15(2,14(17)18-3)20-13-8-6-12(7-9-13)19-11-5-10-16/h7-10,13-15H,5-6,11-12H2,1-4H3,(H,31,32);6-9,16H,4-5,10-11H2,1-3H3/t25-;15-/m11/s1. The highest BCUT2D eigenvalue weighted by atomic mass is 35.5. The van der Waals surface area contributed by atoms with E-state index in [-0.39, 0.29) is 35.3 Å². The number of rotatable bonds is 18. The third kappa shape index (κ3) is 12.9. The summed E-state index contributed by atoms with van der Waals surface area (Å²) >= 11 is 6.19. The second-order valence-corrected chi connectivity index (χ2v) is 14.0. The van der Waals surface area contributed by atoms with Crippen molar-refractivity contribution in [3.8, 4) is 34.5 Å². The fraction of sp³-hybridized carbons (Fsp3) is 0.463. The molecule has 15 heteroatoms. The van der Waals surface area contributed by atoms with Crippen LogP contribution in [0.4, 0.5) is 13.2 Å². The summed E-state index contributed by atoms with van der Waals surface area (Å²) in [5, 5.41) is 18.0. The molecule has 0 unspecified atom stereocenters. The molecule has 1 aliphatic rings. The van der Waals surface area contributed by atoms with Crippen LogP contribution in [0.5, 0.6) is 34.5 Å². The van der Waals surface area contributed by atoms with Crippen LogP contribution in [0, 0.1) is 0 Å². The normalized spacial score (nSPS) is 15.2. The highest BCUT2D eigenvalue weighted by molar-refractivity contribution is 6.32. The third-order valence-electron chi connectivity index (χ3n) is 8.63. The summed E-state index contributed by atoms with van der Waals surface area (Å²) in [6, 6.07) is 16.2. The van der Waals surface area contributed by atoms with E-state index in [0.29, 0.717) is 61.9 Å². The molecule has 0 radical (unpaired) electrons. The Bertz CT molecular complexity index is 1780. The van der Waals surface area contributed by atoms with E-state index in [1.54, 1.807) is 76.2 Å². The van der Waals surface area contributed by atoms with Gasteiger partial charge >= 0.3 is 18.1 Å². The summed E-state index contributed by atoms with van der Waals surface area (Å²) in [7, 11) is 1.34. The van der Waals surface area contributed by atoms with Crippen LogP contribution in [0.2, 0.25) is 5.02 Å². The summed E-state index contributed by atoms with van der Waals surface area (Å²) < 4.78 is 79.1. The zero-order valence-corrected chi connectivity index (χ0v) is 33.3. The summed E-state index contributed by atoms with van der Waals surface area (Å²) in [5.41, 5.74) is -4.37. The van der Waals surface area contributed by atoms with E-state index < -0.39 is 40.5 Å². The van der Waals surface area contributed by atoms with E-state index in [2.05, 4.69) is 0 Å². The molecule has 3 aromatic rings. The van der Waals surface area contributed by atoms with Gasteiger partial charge in [0.25, 0.3) is 0 Å². The number of allylic oxidation sites excluding steroid dienone is 1. The predicted octanol–water partition coefficient (Wildman–Crippen LogP) is 9.11. The first kappa shape index (κ1) is 45.6. The van der Waals surface area contributed by atoms with Gasteiger partial charge in [-0.05, 0) is 101 Å². The predicted molar refractivity (Wildman–Crippen MR) is 204 cm³/mol. The lowest BCUT2D eigenvalue weighted by Gasteiger charge is -2.32. The Kier molecular flexibility index (Phi) is 16.2. The SMILES string of the molecule is CC[C@@](C)(Oc1ccc(OCCCO)cc1)C(=O)OC.CC[C@@](C)(Oc1ccc(OCCCOc2cc3c(cc2Cl)C(C(F)(F)F)=CC(C)(C)O3)cc1)C(=O)O. The lowest BCUT2D eigenvalue weighted by atomic mass is 9.94. The Morgan fingerprint density at radius 3 is 1.73 bits per heavy atom. The number of alkyl halides is 3. The van der Waals surface area contributed by atoms with Crippen molar-refractivity contribution in [2.75, 3.05) is 33.5 Å². The number of halogens is 4. The maximum Gasteiger partial charge on any atom is 0.416 e. The Morgan fingerprint density at radius 1 is 0.786 bits per heavy atom. The number of fused-ring (bicyclic) bond motifs is 1. The number of hydrogen-bond donors (Lipinski definition) is 2. The number of aliphatic hydroxyl groups excluding tert-OH is 1. The van der Waals surface area contributed by atoms with Crippen LogP contribution in [0.1, 0.15) is 72.8 Å². The molecule has 56 heavy (non-hydrogen) atoms. The molecule has 1 heterocycles.